The number of ether oxygens (including phenoxy) is 1. The summed E-state index contributed by atoms with van der Waals surface area (Å²) in [5, 5.41) is 2.97. The van der Waals surface area contributed by atoms with Gasteiger partial charge in [-0.2, -0.15) is 0 Å². The molecule has 1 unspecified atom stereocenters. The van der Waals surface area contributed by atoms with E-state index in [1.165, 1.54) is 4.31 Å². The van der Waals surface area contributed by atoms with Crippen LogP contribution in [0.15, 0.2) is 54.6 Å². The summed E-state index contributed by atoms with van der Waals surface area (Å²) in [5.41, 5.74) is 2.10. The van der Waals surface area contributed by atoms with Crippen molar-refractivity contribution in [1.29, 1.82) is 0 Å². The van der Waals surface area contributed by atoms with Crippen molar-refractivity contribution in [1.82, 2.24) is 9.62 Å². The minimum Gasteiger partial charge on any atom is -0.491 e. The van der Waals surface area contributed by atoms with Gasteiger partial charge >= 0.3 is 0 Å². The van der Waals surface area contributed by atoms with E-state index in [0.29, 0.717) is 32.4 Å². The van der Waals surface area contributed by atoms with Crippen LogP contribution in [-0.4, -0.2) is 43.6 Å². The number of carbonyl (C=O) groups excluding carboxylic acids is 1. The SMILES string of the molecule is CC(C)Oc1cccc(CNC(=O)C2CCCN(S(=O)(=O)CCCc3ccccc3)C2)c1. The number of carbonyl (C=O) groups is 1. The van der Waals surface area contributed by atoms with E-state index in [9.17, 15) is 13.2 Å². The van der Waals surface area contributed by atoms with E-state index in [4.69, 9.17) is 4.74 Å². The normalized spacial score (nSPS) is 17.3. The van der Waals surface area contributed by atoms with Gasteiger partial charge in [-0.1, -0.05) is 42.5 Å². The molecule has 1 aliphatic heterocycles. The molecule has 1 heterocycles. The number of nitrogens with zero attached hydrogens (tertiary/aromatic N) is 1. The predicted molar refractivity (Wildman–Crippen MR) is 127 cm³/mol. The highest BCUT2D eigenvalue weighted by Crippen LogP contribution is 2.21. The van der Waals surface area contributed by atoms with Crippen molar-refractivity contribution in [3.8, 4) is 5.75 Å². The zero-order valence-electron chi connectivity index (χ0n) is 19.0. The monoisotopic (exact) mass is 458 g/mol. The van der Waals surface area contributed by atoms with Crippen LogP contribution in [-0.2, 0) is 27.8 Å². The van der Waals surface area contributed by atoms with Crippen LogP contribution in [0.3, 0.4) is 0 Å². The fraction of sp³-hybridized carbons (Fsp3) is 0.480. The molecule has 2 aromatic carbocycles. The average Bonchev–Trinajstić information content (AvgIpc) is 2.78. The van der Waals surface area contributed by atoms with Gasteiger partial charge in [0, 0.05) is 19.6 Å². The zero-order chi connectivity index (χ0) is 23.0. The Morgan fingerprint density at radius 1 is 1.12 bits per heavy atom. The van der Waals surface area contributed by atoms with E-state index in [-0.39, 0.29) is 30.2 Å². The summed E-state index contributed by atoms with van der Waals surface area (Å²) in [4.78, 5) is 12.7. The van der Waals surface area contributed by atoms with Gasteiger partial charge in [0.25, 0.3) is 0 Å². The van der Waals surface area contributed by atoms with Crippen molar-refractivity contribution in [3.63, 3.8) is 0 Å². The Balaban J connectivity index is 1.49. The third kappa shape index (κ3) is 7.35. The van der Waals surface area contributed by atoms with Crippen LogP contribution in [0.4, 0.5) is 0 Å². The van der Waals surface area contributed by atoms with E-state index < -0.39 is 10.0 Å². The lowest BCUT2D eigenvalue weighted by molar-refractivity contribution is -0.126. The first-order valence-corrected chi connectivity index (χ1v) is 13.0. The van der Waals surface area contributed by atoms with Crippen molar-refractivity contribution in [3.05, 3.63) is 65.7 Å². The predicted octanol–water partition coefficient (Wildman–Crippen LogP) is 3.76. The third-order valence-electron chi connectivity index (χ3n) is 5.60. The van der Waals surface area contributed by atoms with Gasteiger partial charge in [-0.15, -0.1) is 0 Å². The maximum atomic E-state index is 12.8. The summed E-state index contributed by atoms with van der Waals surface area (Å²) in [6.07, 6.45) is 2.81. The van der Waals surface area contributed by atoms with Crippen LogP contribution in [0.5, 0.6) is 5.75 Å². The molecule has 7 heteroatoms. The molecule has 0 aliphatic carbocycles. The van der Waals surface area contributed by atoms with Gasteiger partial charge in [0.2, 0.25) is 15.9 Å². The Hall–Kier alpha value is -2.38. The molecule has 174 valence electrons. The fourth-order valence-corrected chi connectivity index (χ4v) is 5.56. The van der Waals surface area contributed by atoms with Gasteiger partial charge < -0.3 is 10.1 Å². The largest absolute Gasteiger partial charge is 0.491 e. The Bertz CT molecular complexity index is 976. The number of hydrogen-bond donors (Lipinski definition) is 1. The number of sulfonamides is 1. The number of aryl methyl sites for hydroxylation is 1. The zero-order valence-corrected chi connectivity index (χ0v) is 19.8. The molecular weight excluding hydrogens is 424 g/mol. The quantitative estimate of drug-likeness (QED) is 0.588. The summed E-state index contributed by atoms with van der Waals surface area (Å²) in [7, 11) is -3.37. The molecule has 0 saturated carbocycles. The molecule has 1 atom stereocenters. The lowest BCUT2D eigenvalue weighted by Gasteiger charge is -2.31. The lowest BCUT2D eigenvalue weighted by Crippen LogP contribution is -2.46. The minimum atomic E-state index is -3.37. The standard InChI is InChI=1S/C25H34N2O4S/c1-20(2)31-24-14-6-11-22(17-24)18-26-25(28)23-13-7-15-27(19-23)32(29,30)16-8-12-21-9-4-3-5-10-21/h3-6,9-11,14,17,20,23H,7-8,12-13,15-16,18-19H2,1-2H3,(H,26,28). The molecule has 3 rings (SSSR count). The van der Waals surface area contributed by atoms with E-state index in [2.05, 4.69) is 5.32 Å². The Labute approximate surface area is 192 Å². The average molecular weight is 459 g/mol. The molecule has 0 radical (unpaired) electrons. The maximum Gasteiger partial charge on any atom is 0.224 e. The first-order chi connectivity index (χ1) is 15.3. The van der Waals surface area contributed by atoms with Gasteiger partial charge in [0.15, 0.2) is 0 Å². The molecule has 1 saturated heterocycles. The molecule has 6 nitrogen and oxygen atoms in total. The van der Waals surface area contributed by atoms with Crippen LogP contribution < -0.4 is 10.1 Å². The van der Waals surface area contributed by atoms with Crippen LogP contribution in [0.1, 0.15) is 44.2 Å². The third-order valence-corrected chi connectivity index (χ3v) is 7.52. The van der Waals surface area contributed by atoms with Crippen LogP contribution in [0, 0.1) is 5.92 Å². The Morgan fingerprint density at radius 2 is 1.88 bits per heavy atom. The summed E-state index contributed by atoms with van der Waals surface area (Å²) >= 11 is 0. The molecule has 1 amide bonds. The number of piperidine rings is 1. The molecule has 2 aromatic rings. The van der Waals surface area contributed by atoms with E-state index in [1.54, 1.807) is 0 Å². The summed E-state index contributed by atoms with van der Waals surface area (Å²) < 4.78 is 32.9. The Kier molecular flexibility index (Phi) is 8.70. The topological polar surface area (TPSA) is 75.7 Å². The van der Waals surface area contributed by atoms with Gasteiger partial charge in [-0.3, -0.25) is 4.79 Å². The van der Waals surface area contributed by atoms with Gasteiger partial charge in [-0.25, -0.2) is 12.7 Å². The Morgan fingerprint density at radius 3 is 2.62 bits per heavy atom. The van der Waals surface area contributed by atoms with Crippen molar-refractivity contribution in [2.75, 3.05) is 18.8 Å². The number of benzene rings is 2. The highest BCUT2D eigenvalue weighted by molar-refractivity contribution is 7.89. The number of nitrogens with one attached hydrogen (secondary N) is 1. The number of amides is 1. The lowest BCUT2D eigenvalue weighted by atomic mass is 9.99. The maximum absolute atomic E-state index is 12.8. The second kappa shape index (κ2) is 11.5. The number of rotatable bonds is 10. The number of hydrogen-bond acceptors (Lipinski definition) is 4. The summed E-state index contributed by atoms with van der Waals surface area (Å²) in [5.74, 6) is 0.475. The van der Waals surface area contributed by atoms with Crippen molar-refractivity contribution in [2.24, 2.45) is 5.92 Å². The van der Waals surface area contributed by atoms with Gasteiger partial charge in [0.05, 0.1) is 17.8 Å². The van der Waals surface area contributed by atoms with Crippen molar-refractivity contribution < 1.29 is 17.9 Å². The summed E-state index contributed by atoms with van der Waals surface area (Å²) in [6.45, 7) is 5.09. The molecular formula is C25H34N2O4S. The smallest absolute Gasteiger partial charge is 0.224 e. The highest BCUT2D eigenvalue weighted by Gasteiger charge is 2.31. The van der Waals surface area contributed by atoms with E-state index in [1.807, 2.05) is 68.4 Å². The molecule has 1 fully saturated rings. The second-order valence-corrected chi connectivity index (χ2v) is 10.7. The van der Waals surface area contributed by atoms with Gasteiger partial charge in [-0.05, 0) is 62.8 Å². The first kappa shape index (κ1) is 24.3. The molecule has 0 spiro atoms. The van der Waals surface area contributed by atoms with Crippen LogP contribution in [0.25, 0.3) is 0 Å². The molecule has 0 aromatic heterocycles. The molecule has 32 heavy (non-hydrogen) atoms. The van der Waals surface area contributed by atoms with E-state index in [0.717, 1.165) is 23.3 Å². The molecule has 0 bridgehead atoms. The van der Waals surface area contributed by atoms with Crippen LogP contribution >= 0.6 is 0 Å². The van der Waals surface area contributed by atoms with Crippen molar-refractivity contribution >= 4 is 15.9 Å². The fourth-order valence-electron chi connectivity index (χ4n) is 3.98. The second-order valence-electron chi connectivity index (χ2n) is 8.63. The van der Waals surface area contributed by atoms with Crippen LogP contribution in [0.2, 0.25) is 0 Å². The summed E-state index contributed by atoms with van der Waals surface area (Å²) in [6, 6.07) is 17.6. The molecule has 1 aliphatic rings. The minimum absolute atomic E-state index is 0.0858. The van der Waals surface area contributed by atoms with Crippen molar-refractivity contribution in [2.45, 2.75) is 52.2 Å². The van der Waals surface area contributed by atoms with E-state index >= 15 is 0 Å². The highest BCUT2D eigenvalue weighted by atomic mass is 32.2. The van der Waals surface area contributed by atoms with Gasteiger partial charge in [0.1, 0.15) is 5.75 Å². The molecule has 1 N–H and O–H groups in total. The first-order valence-electron chi connectivity index (χ1n) is 11.4.